The number of nitrogens with zero attached hydrogens (tertiary/aromatic N) is 1. The molecule has 0 aromatic carbocycles. The summed E-state index contributed by atoms with van der Waals surface area (Å²) in [6.45, 7) is 8.70. The molecule has 1 aromatic heterocycles. The van der Waals surface area contributed by atoms with Gasteiger partial charge in [-0.15, -0.1) is 0 Å². The highest BCUT2D eigenvalue weighted by molar-refractivity contribution is 5.69. The van der Waals surface area contributed by atoms with Gasteiger partial charge in [-0.1, -0.05) is 34.1 Å². The lowest BCUT2D eigenvalue weighted by Gasteiger charge is -2.34. The first kappa shape index (κ1) is 18.4. The number of aromatic nitrogens is 2. The maximum Gasteiger partial charge on any atom is 0.330 e. The third-order valence-electron chi connectivity index (χ3n) is 5.43. The topological polar surface area (TPSA) is 101 Å². The van der Waals surface area contributed by atoms with Gasteiger partial charge in [0, 0.05) is 11.8 Å². The van der Waals surface area contributed by atoms with Crippen LogP contribution in [-0.4, -0.2) is 26.7 Å². The molecule has 2 N–H and O–H groups in total. The minimum Gasteiger partial charge on any atom is -0.481 e. The van der Waals surface area contributed by atoms with E-state index in [1.54, 1.807) is 0 Å². The summed E-state index contributed by atoms with van der Waals surface area (Å²) < 4.78 is 7.38. The van der Waals surface area contributed by atoms with Crippen LogP contribution in [0, 0.1) is 11.3 Å². The van der Waals surface area contributed by atoms with Crippen molar-refractivity contribution in [2.24, 2.45) is 11.3 Å². The Bertz CT molecular complexity index is 718. The molecule has 2 unspecified atom stereocenters. The Labute approximate surface area is 140 Å². The zero-order chi connectivity index (χ0) is 18.1. The summed E-state index contributed by atoms with van der Waals surface area (Å²) in [6.07, 6.45) is 2.97. The zero-order valence-corrected chi connectivity index (χ0v) is 14.7. The first-order valence-corrected chi connectivity index (χ1v) is 8.37. The maximum atomic E-state index is 12.1. The molecule has 0 amide bonds. The molecule has 7 heteroatoms. The Kier molecular flexibility index (Phi) is 5.32. The first-order valence-electron chi connectivity index (χ1n) is 8.37. The normalized spacial score (nSPS) is 22.5. The van der Waals surface area contributed by atoms with Crippen LogP contribution in [0.2, 0.25) is 0 Å². The van der Waals surface area contributed by atoms with Crippen molar-refractivity contribution < 1.29 is 14.6 Å². The van der Waals surface area contributed by atoms with E-state index in [1.807, 2.05) is 0 Å². The predicted octanol–water partition coefficient (Wildman–Crippen LogP) is 1.91. The van der Waals surface area contributed by atoms with Gasteiger partial charge in [0.25, 0.3) is 5.56 Å². The van der Waals surface area contributed by atoms with Crippen LogP contribution in [0.25, 0.3) is 0 Å². The van der Waals surface area contributed by atoms with Gasteiger partial charge in [-0.3, -0.25) is 19.1 Å². The lowest BCUT2D eigenvalue weighted by molar-refractivity contribution is -0.136. The van der Waals surface area contributed by atoms with Crippen molar-refractivity contribution in [1.29, 1.82) is 0 Å². The maximum absolute atomic E-state index is 12.1. The van der Waals surface area contributed by atoms with Crippen LogP contribution in [-0.2, 0) is 16.0 Å². The summed E-state index contributed by atoms with van der Waals surface area (Å²) in [4.78, 5) is 36.8. The molecule has 2 heterocycles. The van der Waals surface area contributed by atoms with Crippen LogP contribution < -0.4 is 11.2 Å². The molecular formula is C17H26N2O5. The van der Waals surface area contributed by atoms with E-state index in [4.69, 9.17) is 9.84 Å². The van der Waals surface area contributed by atoms with Crippen molar-refractivity contribution in [2.45, 2.75) is 65.7 Å². The predicted molar refractivity (Wildman–Crippen MR) is 89.0 cm³/mol. The average Bonchev–Trinajstić information content (AvgIpc) is 2.98. The molecule has 1 aromatic rings. The van der Waals surface area contributed by atoms with Crippen molar-refractivity contribution >= 4 is 5.97 Å². The monoisotopic (exact) mass is 338 g/mol. The van der Waals surface area contributed by atoms with Gasteiger partial charge < -0.3 is 9.84 Å². The van der Waals surface area contributed by atoms with E-state index in [0.717, 1.165) is 12.8 Å². The van der Waals surface area contributed by atoms with Gasteiger partial charge in [-0.25, -0.2) is 4.79 Å². The molecule has 0 saturated carbocycles. The number of hydrogen-bond donors (Lipinski definition) is 2. The van der Waals surface area contributed by atoms with Crippen molar-refractivity contribution in [3.8, 4) is 0 Å². The lowest BCUT2D eigenvalue weighted by Crippen LogP contribution is -2.36. The highest BCUT2D eigenvalue weighted by atomic mass is 16.5. The average molecular weight is 338 g/mol. The van der Waals surface area contributed by atoms with Crippen molar-refractivity contribution in [3.63, 3.8) is 0 Å². The number of nitrogens with one attached hydrogen (secondary N) is 1. The van der Waals surface area contributed by atoms with Crippen molar-refractivity contribution in [2.75, 3.05) is 0 Å². The second-order valence-electron chi connectivity index (χ2n) is 7.23. The van der Waals surface area contributed by atoms with Crippen molar-refractivity contribution in [1.82, 2.24) is 9.55 Å². The van der Waals surface area contributed by atoms with E-state index in [-0.39, 0.29) is 17.1 Å². The fraction of sp³-hybridized carbons (Fsp3) is 0.706. The number of carbonyl (C=O) groups is 1. The van der Waals surface area contributed by atoms with E-state index in [9.17, 15) is 14.4 Å². The Morgan fingerprint density at radius 3 is 2.71 bits per heavy atom. The molecule has 3 atom stereocenters. The van der Waals surface area contributed by atoms with E-state index in [0.29, 0.717) is 12.3 Å². The van der Waals surface area contributed by atoms with Crippen LogP contribution in [0.15, 0.2) is 15.8 Å². The zero-order valence-electron chi connectivity index (χ0n) is 14.7. The number of carboxylic acid groups (broad SMARTS) is 1. The fourth-order valence-corrected chi connectivity index (χ4v) is 3.07. The number of hydrogen-bond acceptors (Lipinski definition) is 4. The molecule has 1 aliphatic rings. The summed E-state index contributed by atoms with van der Waals surface area (Å²) in [5.74, 6) is -0.793. The van der Waals surface area contributed by atoms with Crippen LogP contribution in [0.3, 0.4) is 0 Å². The standard InChI is InChI=1S/C17H26N2O5/c1-5-17(3,4)10(2)12-6-7-13(24-12)19-9-11(8-14(20)21)15(22)18-16(19)23/h9-10,12-13H,5-8H2,1-4H3,(H,20,21)(H,18,22,23)/t10?,12?,13-/m1/s1. The molecule has 0 bridgehead atoms. The van der Waals surface area contributed by atoms with Crippen LogP contribution in [0.1, 0.15) is 58.7 Å². The second-order valence-corrected chi connectivity index (χ2v) is 7.23. The summed E-state index contributed by atoms with van der Waals surface area (Å²) in [7, 11) is 0. The third kappa shape index (κ3) is 3.77. The largest absolute Gasteiger partial charge is 0.481 e. The Balaban J connectivity index is 2.23. The van der Waals surface area contributed by atoms with Gasteiger partial charge in [0.15, 0.2) is 0 Å². The highest BCUT2D eigenvalue weighted by Crippen LogP contribution is 2.40. The number of ether oxygens (including phenoxy) is 1. The van der Waals surface area contributed by atoms with Gasteiger partial charge in [-0.2, -0.15) is 0 Å². The Morgan fingerprint density at radius 2 is 2.12 bits per heavy atom. The molecule has 24 heavy (non-hydrogen) atoms. The SMILES string of the molecule is CCC(C)(C)C(C)C1CC[C@H](n2cc(CC(=O)O)c(=O)[nH]c2=O)O1. The summed E-state index contributed by atoms with van der Waals surface area (Å²) in [5.41, 5.74) is -1.05. The molecule has 0 radical (unpaired) electrons. The first-order chi connectivity index (χ1) is 11.2. The smallest absolute Gasteiger partial charge is 0.330 e. The fourth-order valence-electron chi connectivity index (χ4n) is 3.07. The van der Waals surface area contributed by atoms with Gasteiger partial charge in [-0.05, 0) is 24.2 Å². The van der Waals surface area contributed by atoms with Gasteiger partial charge in [0.1, 0.15) is 6.23 Å². The van der Waals surface area contributed by atoms with Gasteiger partial charge >= 0.3 is 11.7 Å². The van der Waals surface area contributed by atoms with Gasteiger partial charge in [0.2, 0.25) is 0 Å². The van der Waals surface area contributed by atoms with Crippen LogP contribution in [0.4, 0.5) is 0 Å². The Hall–Kier alpha value is -1.89. The van der Waals surface area contributed by atoms with E-state index in [2.05, 4.69) is 32.7 Å². The summed E-state index contributed by atoms with van der Waals surface area (Å²) in [5, 5.41) is 8.88. The molecule has 0 aliphatic carbocycles. The molecule has 0 spiro atoms. The number of rotatable bonds is 6. The van der Waals surface area contributed by atoms with Gasteiger partial charge in [0.05, 0.1) is 12.5 Å². The van der Waals surface area contributed by atoms with E-state index < -0.39 is 29.9 Å². The van der Waals surface area contributed by atoms with Crippen molar-refractivity contribution in [3.05, 3.63) is 32.6 Å². The number of carboxylic acids is 1. The number of H-pyrrole nitrogens is 1. The van der Waals surface area contributed by atoms with Crippen LogP contribution >= 0.6 is 0 Å². The Morgan fingerprint density at radius 1 is 1.46 bits per heavy atom. The summed E-state index contributed by atoms with van der Waals surface area (Å²) >= 11 is 0. The minimum atomic E-state index is -1.12. The van der Waals surface area contributed by atoms with E-state index in [1.165, 1.54) is 10.8 Å². The highest BCUT2D eigenvalue weighted by Gasteiger charge is 2.37. The minimum absolute atomic E-state index is 0.0340. The molecule has 2 rings (SSSR count). The molecular weight excluding hydrogens is 312 g/mol. The summed E-state index contributed by atoms with van der Waals surface area (Å²) in [6, 6.07) is 0. The molecule has 1 aliphatic heterocycles. The third-order valence-corrected chi connectivity index (χ3v) is 5.43. The molecule has 1 fully saturated rings. The molecule has 7 nitrogen and oxygen atoms in total. The number of aliphatic carboxylic acids is 1. The quantitative estimate of drug-likeness (QED) is 0.825. The molecule has 1 saturated heterocycles. The van der Waals surface area contributed by atoms with Crippen LogP contribution in [0.5, 0.6) is 0 Å². The lowest BCUT2D eigenvalue weighted by atomic mass is 9.74. The van der Waals surface area contributed by atoms with E-state index >= 15 is 0 Å². The number of aromatic amines is 1. The molecule has 134 valence electrons. The second kappa shape index (κ2) is 6.93.